The molecular weight excluding hydrogens is 234 g/mol. The zero-order chi connectivity index (χ0) is 12.9. The van der Waals surface area contributed by atoms with Crippen molar-refractivity contribution in [1.29, 1.82) is 0 Å². The first kappa shape index (κ1) is 11.7. The van der Waals surface area contributed by atoms with Crippen LogP contribution < -0.4 is 0 Å². The third kappa shape index (κ3) is 1.57. The smallest absolute Gasteiger partial charge is 0.164 e. The summed E-state index contributed by atoms with van der Waals surface area (Å²) in [4.78, 5) is 0. The van der Waals surface area contributed by atoms with Crippen LogP contribution in [0.2, 0.25) is 0 Å². The molecule has 0 bridgehead atoms. The second-order valence-electron chi connectivity index (χ2n) is 5.24. The predicted molar refractivity (Wildman–Crippen MR) is 66.1 cm³/mol. The van der Waals surface area contributed by atoms with Crippen molar-refractivity contribution in [1.82, 2.24) is 0 Å². The molecule has 0 saturated heterocycles. The first-order chi connectivity index (χ1) is 8.59. The van der Waals surface area contributed by atoms with Crippen molar-refractivity contribution < 1.29 is 13.5 Å². The second kappa shape index (κ2) is 4.08. The van der Waals surface area contributed by atoms with Crippen molar-refractivity contribution in [2.24, 2.45) is 0 Å². The van der Waals surface area contributed by atoms with Crippen LogP contribution in [0.1, 0.15) is 39.5 Å². The molecule has 1 aliphatic heterocycles. The maximum absolute atomic E-state index is 14.1. The summed E-state index contributed by atoms with van der Waals surface area (Å²) in [6, 6.07) is 0. The molecule has 0 aromatic carbocycles. The SMILES string of the molecule is CC1=C(F)C2=C(CC1)C1=C(OC2)C(F)=C(C)CC1. The van der Waals surface area contributed by atoms with Gasteiger partial charge in [-0.25, -0.2) is 8.78 Å². The van der Waals surface area contributed by atoms with Gasteiger partial charge in [-0.3, -0.25) is 0 Å². The van der Waals surface area contributed by atoms with Crippen LogP contribution in [0.15, 0.2) is 45.3 Å². The van der Waals surface area contributed by atoms with Gasteiger partial charge < -0.3 is 4.74 Å². The van der Waals surface area contributed by atoms with Crippen molar-refractivity contribution in [2.75, 3.05) is 6.61 Å². The van der Waals surface area contributed by atoms with E-state index in [1.165, 1.54) is 0 Å². The Kier molecular flexibility index (Phi) is 2.65. The fourth-order valence-electron chi connectivity index (χ4n) is 2.89. The van der Waals surface area contributed by atoms with Crippen molar-refractivity contribution >= 4 is 0 Å². The maximum atomic E-state index is 14.1. The van der Waals surface area contributed by atoms with Crippen molar-refractivity contribution in [3.8, 4) is 0 Å². The largest absolute Gasteiger partial charge is 0.485 e. The highest BCUT2D eigenvalue weighted by Crippen LogP contribution is 2.45. The minimum atomic E-state index is -0.241. The summed E-state index contributed by atoms with van der Waals surface area (Å²) in [5, 5.41) is 0. The number of hydrogen-bond donors (Lipinski definition) is 0. The topological polar surface area (TPSA) is 9.23 Å². The van der Waals surface area contributed by atoms with Gasteiger partial charge in [-0.2, -0.15) is 0 Å². The van der Waals surface area contributed by atoms with Gasteiger partial charge in [0.05, 0.1) is 0 Å². The average molecular weight is 250 g/mol. The van der Waals surface area contributed by atoms with E-state index in [0.717, 1.165) is 41.6 Å². The molecule has 0 spiro atoms. The molecule has 3 rings (SSSR count). The molecule has 96 valence electrons. The third-order valence-electron chi connectivity index (χ3n) is 4.08. The molecule has 0 N–H and O–H groups in total. The summed E-state index contributed by atoms with van der Waals surface area (Å²) in [5.41, 5.74) is 4.04. The zero-order valence-electron chi connectivity index (χ0n) is 10.7. The van der Waals surface area contributed by atoms with E-state index >= 15 is 0 Å². The van der Waals surface area contributed by atoms with E-state index in [-0.39, 0.29) is 18.3 Å². The molecule has 0 amide bonds. The Morgan fingerprint density at radius 1 is 0.778 bits per heavy atom. The molecule has 1 nitrogen and oxygen atoms in total. The molecular formula is C15H16F2O. The Labute approximate surface area is 106 Å². The lowest BCUT2D eigenvalue weighted by atomic mass is 9.81. The molecule has 0 saturated carbocycles. The quantitative estimate of drug-likeness (QED) is 0.608. The summed E-state index contributed by atoms with van der Waals surface area (Å²) in [5.74, 6) is -0.0196. The van der Waals surface area contributed by atoms with Gasteiger partial charge in [0.2, 0.25) is 0 Å². The van der Waals surface area contributed by atoms with Gasteiger partial charge >= 0.3 is 0 Å². The number of allylic oxidation sites excluding steroid dienone is 5. The van der Waals surface area contributed by atoms with Gasteiger partial charge in [0.15, 0.2) is 11.6 Å². The monoisotopic (exact) mass is 250 g/mol. The first-order valence-corrected chi connectivity index (χ1v) is 6.39. The first-order valence-electron chi connectivity index (χ1n) is 6.39. The molecule has 0 unspecified atom stereocenters. The lowest BCUT2D eigenvalue weighted by Crippen LogP contribution is -2.19. The molecule has 0 radical (unpaired) electrons. The molecule has 0 fully saturated rings. The Hall–Kier alpha value is -1.38. The van der Waals surface area contributed by atoms with Crippen LogP contribution in [0, 0.1) is 0 Å². The van der Waals surface area contributed by atoms with Crippen LogP contribution in [0.25, 0.3) is 0 Å². The Bertz CT molecular complexity index is 497. The minimum Gasteiger partial charge on any atom is -0.485 e. The number of fused-ring (bicyclic) bond motifs is 1. The summed E-state index contributed by atoms with van der Waals surface area (Å²) in [7, 11) is 0. The number of rotatable bonds is 0. The van der Waals surface area contributed by atoms with E-state index in [4.69, 9.17) is 4.74 Å². The van der Waals surface area contributed by atoms with Crippen molar-refractivity contribution in [2.45, 2.75) is 39.5 Å². The summed E-state index contributed by atoms with van der Waals surface area (Å²) >= 11 is 0. The van der Waals surface area contributed by atoms with Crippen molar-refractivity contribution in [3.63, 3.8) is 0 Å². The Morgan fingerprint density at radius 3 is 2.11 bits per heavy atom. The lowest BCUT2D eigenvalue weighted by molar-refractivity contribution is 0.216. The van der Waals surface area contributed by atoms with Gasteiger partial charge in [0.25, 0.3) is 0 Å². The van der Waals surface area contributed by atoms with E-state index < -0.39 is 0 Å². The summed E-state index contributed by atoms with van der Waals surface area (Å²) in [6.45, 7) is 3.77. The Balaban J connectivity index is 2.13. The molecule has 0 atom stereocenters. The molecule has 0 aromatic rings. The van der Waals surface area contributed by atoms with E-state index in [1.54, 1.807) is 6.92 Å². The van der Waals surface area contributed by atoms with E-state index in [0.29, 0.717) is 17.8 Å². The van der Waals surface area contributed by atoms with Gasteiger partial charge in [0.1, 0.15) is 12.4 Å². The standard InChI is InChI=1S/C15H16F2O/c1-8-3-5-10-11-6-4-9(2)14(17)15(11)18-7-12(10)13(8)16/h3-7H2,1-2H3. The van der Waals surface area contributed by atoms with Gasteiger partial charge in [-0.1, -0.05) is 0 Å². The number of halogens is 2. The normalized spacial score (nSPS) is 24.2. The fraction of sp³-hybridized carbons (Fsp3) is 0.467. The van der Waals surface area contributed by atoms with Gasteiger partial charge in [-0.05, 0) is 56.3 Å². The highest BCUT2D eigenvalue weighted by atomic mass is 19.1. The highest BCUT2D eigenvalue weighted by Gasteiger charge is 2.32. The van der Waals surface area contributed by atoms with Crippen molar-refractivity contribution in [3.05, 3.63) is 45.3 Å². The lowest BCUT2D eigenvalue weighted by Gasteiger charge is -2.31. The second-order valence-corrected chi connectivity index (χ2v) is 5.24. The van der Waals surface area contributed by atoms with Crippen LogP contribution in [0.3, 0.4) is 0 Å². The number of ether oxygens (including phenoxy) is 1. The average Bonchev–Trinajstić information content (AvgIpc) is 2.38. The van der Waals surface area contributed by atoms with E-state index in [9.17, 15) is 8.78 Å². The third-order valence-corrected chi connectivity index (χ3v) is 4.08. The maximum Gasteiger partial charge on any atom is 0.164 e. The Morgan fingerprint density at radius 2 is 1.39 bits per heavy atom. The van der Waals surface area contributed by atoms with Crippen LogP contribution in [0.4, 0.5) is 8.78 Å². The van der Waals surface area contributed by atoms with Crippen LogP contribution in [-0.2, 0) is 4.74 Å². The predicted octanol–water partition coefficient (Wildman–Crippen LogP) is 4.64. The molecule has 1 heterocycles. The fourth-order valence-corrected chi connectivity index (χ4v) is 2.89. The zero-order valence-corrected chi connectivity index (χ0v) is 10.7. The number of hydrogen-bond acceptors (Lipinski definition) is 1. The molecule has 18 heavy (non-hydrogen) atoms. The van der Waals surface area contributed by atoms with E-state index in [2.05, 4.69) is 0 Å². The van der Waals surface area contributed by atoms with Crippen LogP contribution in [-0.4, -0.2) is 6.61 Å². The van der Waals surface area contributed by atoms with Gasteiger partial charge in [-0.15, -0.1) is 0 Å². The molecule has 3 heteroatoms. The van der Waals surface area contributed by atoms with Gasteiger partial charge in [0, 0.05) is 11.1 Å². The summed E-state index contributed by atoms with van der Waals surface area (Å²) < 4.78 is 33.5. The molecule has 0 aromatic heterocycles. The molecule has 2 aliphatic carbocycles. The van der Waals surface area contributed by atoms with Crippen LogP contribution >= 0.6 is 0 Å². The molecule has 3 aliphatic rings. The minimum absolute atomic E-state index is 0.144. The highest BCUT2D eigenvalue weighted by molar-refractivity contribution is 5.54. The van der Waals surface area contributed by atoms with E-state index in [1.807, 2.05) is 6.92 Å². The summed E-state index contributed by atoms with van der Waals surface area (Å²) in [6.07, 6.45) is 3.00. The van der Waals surface area contributed by atoms with Crippen LogP contribution in [0.5, 0.6) is 0 Å².